The lowest BCUT2D eigenvalue weighted by Gasteiger charge is -2.43. The van der Waals surface area contributed by atoms with E-state index in [1.807, 2.05) is 36.3 Å². The summed E-state index contributed by atoms with van der Waals surface area (Å²) in [4.78, 5) is 30.2. The third-order valence-corrected chi connectivity index (χ3v) is 9.35. The lowest BCUT2D eigenvalue weighted by molar-refractivity contribution is -0.121. The van der Waals surface area contributed by atoms with Gasteiger partial charge in [0.25, 0.3) is 5.91 Å². The Kier molecular flexibility index (Phi) is 7.71. The van der Waals surface area contributed by atoms with E-state index in [9.17, 15) is 9.59 Å². The first-order valence-electron chi connectivity index (χ1n) is 16.2. The maximum atomic E-state index is 13.1. The van der Waals surface area contributed by atoms with Crippen molar-refractivity contribution in [2.24, 2.45) is 24.4 Å². The second-order valence-corrected chi connectivity index (χ2v) is 13.0. The maximum Gasteiger partial charge on any atom is 0.269 e. The van der Waals surface area contributed by atoms with E-state index in [0.717, 1.165) is 79.9 Å². The highest BCUT2D eigenvalue weighted by molar-refractivity contribution is 5.96. The molecule has 7 rings (SSSR count). The van der Waals surface area contributed by atoms with Crippen molar-refractivity contribution in [1.82, 2.24) is 35.1 Å². The maximum absolute atomic E-state index is 13.1. The number of nitrogens with one attached hydrogen (secondary N) is 3. The fourth-order valence-electron chi connectivity index (χ4n) is 6.57. The van der Waals surface area contributed by atoms with Gasteiger partial charge in [0.15, 0.2) is 0 Å². The molecule has 3 aromatic rings. The number of benzene rings is 1. The topological polar surface area (TPSA) is 164 Å². The van der Waals surface area contributed by atoms with E-state index in [2.05, 4.69) is 61.6 Å². The number of allylic oxidation sites excluding steroid dienone is 1. The average Bonchev–Trinajstić information content (AvgIpc) is 3.94. The predicted molar refractivity (Wildman–Crippen MR) is 176 cm³/mol. The third kappa shape index (κ3) is 5.82. The third-order valence-electron chi connectivity index (χ3n) is 9.35. The molecule has 242 valence electrons. The largest absolute Gasteiger partial charge is 0.393 e. The molecule has 13 nitrogen and oxygen atoms in total. The van der Waals surface area contributed by atoms with Crippen LogP contribution < -0.4 is 32.3 Å². The zero-order chi connectivity index (χ0) is 32.1. The van der Waals surface area contributed by atoms with Crippen LogP contribution in [0.2, 0.25) is 0 Å². The van der Waals surface area contributed by atoms with E-state index in [1.54, 1.807) is 6.08 Å². The number of fused-ring (bicyclic) bond motifs is 3. The summed E-state index contributed by atoms with van der Waals surface area (Å²) < 4.78 is 4.06. The van der Waals surface area contributed by atoms with Gasteiger partial charge in [0.1, 0.15) is 11.5 Å². The van der Waals surface area contributed by atoms with E-state index < -0.39 is 0 Å². The summed E-state index contributed by atoms with van der Waals surface area (Å²) in [7, 11) is 4.04. The zero-order valence-electron chi connectivity index (χ0n) is 26.7. The van der Waals surface area contributed by atoms with Crippen LogP contribution in [0, 0.1) is 5.92 Å². The zero-order valence-corrected chi connectivity index (χ0v) is 26.7. The number of carbonyl (C=O) groups excluding carboxylic acids is 2. The van der Waals surface area contributed by atoms with Crippen LogP contribution in [0.15, 0.2) is 60.0 Å². The lowest BCUT2D eigenvalue weighted by Crippen LogP contribution is -2.48. The van der Waals surface area contributed by atoms with Crippen molar-refractivity contribution in [1.29, 1.82) is 0 Å². The predicted octanol–water partition coefficient (Wildman–Crippen LogP) is 2.43. The molecule has 4 heterocycles. The minimum Gasteiger partial charge on any atom is -0.393 e. The Morgan fingerprint density at radius 3 is 2.52 bits per heavy atom. The molecule has 1 aromatic carbocycles. The van der Waals surface area contributed by atoms with Gasteiger partial charge in [0.05, 0.1) is 46.7 Å². The van der Waals surface area contributed by atoms with Gasteiger partial charge >= 0.3 is 0 Å². The van der Waals surface area contributed by atoms with Gasteiger partial charge in [-0.3, -0.25) is 23.9 Å². The monoisotopic (exact) mass is 625 g/mol. The molecular formula is C33H43N11O2. The number of amides is 2. The Bertz CT molecular complexity index is 1720. The molecule has 1 unspecified atom stereocenters. The molecule has 7 N–H and O–H groups in total. The molecule has 4 aliphatic rings. The minimum atomic E-state index is -0.367. The van der Waals surface area contributed by atoms with Crippen LogP contribution in [0.4, 0.5) is 11.4 Å². The van der Waals surface area contributed by atoms with Gasteiger partial charge in [-0.05, 0) is 44.2 Å². The molecule has 2 aliphatic heterocycles. The van der Waals surface area contributed by atoms with E-state index in [-0.39, 0.29) is 47.4 Å². The molecule has 1 saturated heterocycles. The number of nitrogens with two attached hydrogens (primary N) is 2. The molecule has 2 aliphatic carbocycles. The highest BCUT2D eigenvalue weighted by Crippen LogP contribution is 2.49. The molecule has 0 bridgehead atoms. The number of anilines is 2. The van der Waals surface area contributed by atoms with Crippen LogP contribution in [0.25, 0.3) is 11.1 Å². The van der Waals surface area contributed by atoms with Gasteiger partial charge in [-0.2, -0.15) is 10.2 Å². The summed E-state index contributed by atoms with van der Waals surface area (Å²) in [6, 6.07) is 8.63. The first-order chi connectivity index (χ1) is 22.2. The van der Waals surface area contributed by atoms with E-state index in [0.29, 0.717) is 5.70 Å². The Morgan fingerprint density at radius 1 is 1.07 bits per heavy atom. The number of hydrogen-bond donors (Lipinski definition) is 5. The van der Waals surface area contributed by atoms with Crippen LogP contribution in [0.3, 0.4) is 0 Å². The number of aryl methyl sites for hydroxylation is 1. The molecule has 2 amide bonds. The van der Waals surface area contributed by atoms with Crippen molar-refractivity contribution in [2.75, 3.05) is 30.4 Å². The highest BCUT2D eigenvalue weighted by Gasteiger charge is 2.38. The lowest BCUT2D eigenvalue weighted by atomic mass is 9.91. The van der Waals surface area contributed by atoms with Gasteiger partial charge < -0.3 is 32.3 Å². The van der Waals surface area contributed by atoms with Crippen LogP contribution in [-0.4, -0.2) is 62.5 Å². The van der Waals surface area contributed by atoms with Crippen molar-refractivity contribution >= 4 is 23.2 Å². The SMILES string of the molecule is CCC1c2c(cnn2C2CN(Cc3ccn(C)n3)C2)-c2cccc(NC(/C=C(\N)NC(=O)C3CC3)=C(/N)C(=O)NC3CC3)c2N1C. The standard InChI is InChI=1S/C33H43N11O2/c1-4-27-31-24(15-36-44(31)22-17-43(18-22)16-21-12-13-41(2)40-21)23-6-5-7-25(30(23)42(27)3)38-26(29(35)33(46)37-20-10-11-20)14-28(34)39-32(45)19-8-9-19/h5-7,12-15,19-20,22,27,38H,4,8-11,16-18,34-35H2,1-3H3,(H,37,46)(H,39,45)/b28-14+,29-26+. The molecule has 46 heavy (non-hydrogen) atoms. The Morgan fingerprint density at radius 2 is 1.85 bits per heavy atom. The first kappa shape index (κ1) is 29.9. The van der Waals surface area contributed by atoms with Crippen molar-refractivity contribution in [2.45, 2.75) is 63.7 Å². The van der Waals surface area contributed by atoms with Crippen LogP contribution in [-0.2, 0) is 23.2 Å². The second kappa shape index (κ2) is 11.9. The van der Waals surface area contributed by atoms with E-state index in [1.165, 1.54) is 5.69 Å². The Hall–Kier alpha value is -4.78. The Labute approximate surface area is 268 Å². The highest BCUT2D eigenvalue weighted by atomic mass is 16.2. The van der Waals surface area contributed by atoms with Crippen molar-refractivity contribution in [3.05, 3.63) is 71.3 Å². The molecule has 2 aromatic heterocycles. The first-order valence-corrected chi connectivity index (χ1v) is 16.2. The molecule has 0 radical (unpaired) electrons. The molecule has 3 fully saturated rings. The van der Waals surface area contributed by atoms with Gasteiger partial charge in [-0.1, -0.05) is 19.1 Å². The average molecular weight is 626 g/mol. The van der Waals surface area contributed by atoms with Crippen molar-refractivity contribution in [3.63, 3.8) is 0 Å². The van der Waals surface area contributed by atoms with Crippen LogP contribution in [0.1, 0.15) is 62.5 Å². The summed E-state index contributed by atoms with van der Waals surface area (Å²) >= 11 is 0. The quantitative estimate of drug-likeness (QED) is 0.159. The fraction of sp³-hybridized carbons (Fsp3) is 0.455. The molecule has 13 heteroatoms. The molecule has 0 spiro atoms. The van der Waals surface area contributed by atoms with Gasteiger partial charge in [-0.25, -0.2) is 0 Å². The Balaban J connectivity index is 1.18. The number of hydrogen-bond acceptors (Lipinski definition) is 9. The molecule has 2 saturated carbocycles. The van der Waals surface area contributed by atoms with Crippen LogP contribution >= 0.6 is 0 Å². The van der Waals surface area contributed by atoms with Gasteiger partial charge in [0.2, 0.25) is 5.91 Å². The van der Waals surface area contributed by atoms with Crippen molar-refractivity contribution in [3.8, 4) is 11.1 Å². The molecular weight excluding hydrogens is 582 g/mol. The van der Waals surface area contributed by atoms with Gasteiger partial charge in [-0.15, -0.1) is 0 Å². The number of likely N-dealkylation sites (tertiary alicyclic amines) is 1. The minimum absolute atomic E-state index is 0.00683. The number of para-hydroxylation sites is 1. The number of aromatic nitrogens is 4. The number of nitrogens with zero attached hydrogens (tertiary/aromatic N) is 6. The van der Waals surface area contributed by atoms with Crippen LogP contribution in [0.5, 0.6) is 0 Å². The fourth-order valence-corrected chi connectivity index (χ4v) is 6.57. The summed E-state index contributed by atoms with van der Waals surface area (Å²) in [5, 5.41) is 18.6. The second-order valence-electron chi connectivity index (χ2n) is 13.0. The summed E-state index contributed by atoms with van der Waals surface area (Å²) in [5.74, 6) is -0.365. The normalized spacial score (nSPS) is 20.4. The number of rotatable bonds is 11. The van der Waals surface area contributed by atoms with E-state index in [4.69, 9.17) is 16.6 Å². The number of carbonyl (C=O) groups is 2. The molecule has 1 atom stereocenters. The summed E-state index contributed by atoms with van der Waals surface area (Å²) in [6.07, 6.45) is 9.96. The summed E-state index contributed by atoms with van der Waals surface area (Å²) in [5.41, 5.74) is 19.2. The van der Waals surface area contributed by atoms with Gasteiger partial charge in [0, 0.05) is 69.1 Å². The smallest absolute Gasteiger partial charge is 0.269 e. The van der Waals surface area contributed by atoms with Crippen molar-refractivity contribution < 1.29 is 9.59 Å². The summed E-state index contributed by atoms with van der Waals surface area (Å²) in [6.45, 7) is 4.85. The van der Waals surface area contributed by atoms with E-state index >= 15 is 0 Å².